The fourth-order valence-corrected chi connectivity index (χ4v) is 2.40. The normalized spacial score (nSPS) is 25.0. The number of hydrogen-bond donors (Lipinski definition) is 2. The monoisotopic (exact) mass is 296 g/mol. The molecule has 2 N–H and O–H groups in total. The van der Waals surface area contributed by atoms with Gasteiger partial charge < -0.3 is 15.2 Å². The first-order valence-electron chi connectivity index (χ1n) is 6.72. The van der Waals surface area contributed by atoms with E-state index in [0.717, 1.165) is 0 Å². The van der Waals surface area contributed by atoms with E-state index in [4.69, 9.17) is 9.84 Å². The molecule has 2 rings (SSSR count). The number of carboxylic acid groups (broad SMARTS) is 1. The number of aliphatic carboxylic acids is 1. The van der Waals surface area contributed by atoms with Gasteiger partial charge in [0.2, 0.25) is 0 Å². The van der Waals surface area contributed by atoms with E-state index in [1.165, 1.54) is 11.0 Å². The summed E-state index contributed by atoms with van der Waals surface area (Å²) in [7, 11) is 1.66. The van der Waals surface area contributed by atoms with E-state index in [2.05, 4.69) is 15.5 Å². The highest BCUT2D eigenvalue weighted by molar-refractivity contribution is 5.74. The number of amides is 1. The predicted octanol–water partition coefficient (Wildman–Crippen LogP) is 1.03. The minimum Gasteiger partial charge on any atom is -0.481 e. The molecule has 0 aromatic carbocycles. The largest absolute Gasteiger partial charge is 0.481 e. The van der Waals surface area contributed by atoms with Gasteiger partial charge in [-0.15, -0.1) is 0 Å². The van der Waals surface area contributed by atoms with Gasteiger partial charge in [0.1, 0.15) is 11.3 Å². The van der Waals surface area contributed by atoms with Crippen molar-refractivity contribution >= 4 is 12.1 Å². The maximum absolute atomic E-state index is 12.0. The molecule has 1 aromatic rings. The van der Waals surface area contributed by atoms with E-state index in [-0.39, 0.29) is 12.8 Å². The number of carbonyl (C=O) groups excluding carboxylic acids is 1. The van der Waals surface area contributed by atoms with Crippen LogP contribution < -0.4 is 5.32 Å². The van der Waals surface area contributed by atoms with Crippen LogP contribution in [-0.4, -0.2) is 37.8 Å². The van der Waals surface area contributed by atoms with Crippen molar-refractivity contribution in [3.8, 4) is 0 Å². The van der Waals surface area contributed by atoms with Crippen molar-refractivity contribution in [3.05, 3.63) is 11.9 Å². The second kappa shape index (κ2) is 5.01. The number of aryl methyl sites for hydroxylation is 1. The molecule has 21 heavy (non-hydrogen) atoms. The Morgan fingerprint density at radius 1 is 1.48 bits per heavy atom. The Hall–Kier alpha value is -2.12. The number of nitrogens with one attached hydrogen (secondary N) is 1. The van der Waals surface area contributed by atoms with Crippen LogP contribution in [0.4, 0.5) is 4.79 Å². The Morgan fingerprint density at radius 3 is 2.52 bits per heavy atom. The van der Waals surface area contributed by atoms with E-state index in [1.807, 2.05) is 0 Å². The molecule has 0 spiro atoms. The molecule has 0 saturated heterocycles. The van der Waals surface area contributed by atoms with Crippen molar-refractivity contribution in [3.63, 3.8) is 0 Å². The fraction of sp³-hybridized carbons (Fsp3) is 0.692. The lowest BCUT2D eigenvalue weighted by molar-refractivity contribution is -0.148. The van der Waals surface area contributed by atoms with Crippen LogP contribution in [0.5, 0.6) is 0 Å². The maximum Gasteiger partial charge on any atom is 0.408 e. The van der Waals surface area contributed by atoms with E-state index in [9.17, 15) is 9.59 Å². The van der Waals surface area contributed by atoms with Gasteiger partial charge in [-0.1, -0.05) is 0 Å². The summed E-state index contributed by atoms with van der Waals surface area (Å²) in [6.07, 6.45) is 1.51. The van der Waals surface area contributed by atoms with Gasteiger partial charge in [-0.25, -0.2) is 4.79 Å². The summed E-state index contributed by atoms with van der Waals surface area (Å²) in [4.78, 5) is 24.4. The predicted molar refractivity (Wildman–Crippen MR) is 72.4 cm³/mol. The van der Waals surface area contributed by atoms with Gasteiger partial charge in [0.05, 0.1) is 17.7 Å². The first-order valence-corrected chi connectivity index (χ1v) is 6.72. The molecule has 0 atom stereocenters. The zero-order valence-electron chi connectivity index (χ0n) is 12.6. The van der Waals surface area contributed by atoms with Crippen LogP contribution in [-0.2, 0) is 22.1 Å². The molecule has 116 valence electrons. The van der Waals surface area contributed by atoms with Gasteiger partial charge in [-0.3, -0.25) is 4.79 Å². The van der Waals surface area contributed by atoms with Crippen molar-refractivity contribution in [2.45, 2.75) is 44.8 Å². The fourth-order valence-electron chi connectivity index (χ4n) is 2.40. The summed E-state index contributed by atoms with van der Waals surface area (Å²) in [5.74, 6) is -1.37. The zero-order valence-corrected chi connectivity index (χ0v) is 12.6. The average molecular weight is 296 g/mol. The molecule has 1 aliphatic carbocycles. The van der Waals surface area contributed by atoms with Gasteiger partial charge in [0.25, 0.3) is 0 Å². The van der Waals surface area contributed by atoms with Gasteiger partial charge in [-0.2, -0.15) is 15.0 Å². The Morgan fingerprint density at radius 2 is 2.10 bits per heavy atom. The Labute approximate surface area is 122 Å². The third-order valence-corrected chi connectivity index (χ3v) is 3.37. The molecule has 8 nitrogen and oxygen atoms in total. The SMILES string of the molecule is Cn1ncc(C2(NC(=O)OC(C)(C)C)CC(C(=O)O)C2)n1. The van der Waals surface area contributed by atoms with Crippen molar-refractivity contribution < 1.29 is 19.4 Å². The molecule has 1 aliphatic rings. The van der Waals surface area contributed by atoms with Crippen molar-refractivity contribution in [2.75, 3.05) is 0 Å². The van der Waals surface area contributed by atoms with Gasteiger partial charge in [0, 0.05) is 7.05 Å². The summed E-state index contributed by atoms with van der Waals surface area (Å²) in [6, 6.07) is 0. The zero-order chi connectivity index (χ0) is 15.8. The molecular formula is C13H20N4O4. The van der Waals surface area contributed by atoms with Crippen molar-refractivity contribution in [2.24, 2.45) is 13.0 Å². The maximum atomic E-state index is 12.0. The van der Waals surface area contributed by atoms with Crippen LogP contribution in [0, 0.1) is 5.92 Å². The third-order valence-electron chi connectivity index (χ3n) is 3.37. The number of alkyl carbamates (subject to hydrolysis) is 1. The number of carbonyl (C=O) groups is 2. The number of rotatable bonds is 3. The van der Waals surface area contributed by atoms with Crippen LogP contribution >= 0.6 is 0 Å². The highest BCUT2D eigenvalue weighted by Gasteiger charge is 2.52. The van der Waals surface area contributed by atoms with E-state index < -0.39 is 29.1 Å². The van der Waals surface area contributed by atoms with E-state index in [1.54, 1.807) is 27.8 Å². The van der Waals surface area contributed by atoms with Crippen LogP contribution in [0.3, 0.4) is 0 Å². The first-order chi connectivity index (χ1) is 9.61. The summed E-state index contributed by atoms with van der Waals surface area (Å²) in [5.41, 5.74) is -0.892. The van der Waals surface area contributed by atoms with E-state index in [0.29, 0.717) is 5.69 Å². The quantitative estimate of drug-likeness (QED) is 0.862. The second-order valence-electron chi connectivity index (χ2n) is 6.37. The Balaban J connectivity index is 2.15. The van der Waals surface area contributed by atoms with E-state index >= 15 is 0 Å². The molecule has 0 bridgehead atoms. The summed E-state index contributed by atoms with van der Waals surface area (Å²) in [5, 5.41) is 20.0. The molecule has 1 heterocycles. The minimum atomic E-state index is -0.875. The lowest BCUT2D eigenvalue weighted by Gasteiger charge is -2.44. The molecule has 0 aliphatic heterocycles. The summed E-state index contributed by atoms with van der Waals surface area (Å²) < 4.78 is 5.24. The Bertz CT molecular complexity index is 555. The molecule has 1 saturated carbocycles. The highest BCUT2D eigenvalue weighted by atomic mass is 16.6. The number of hydrogen-bond acceptors (Lipinski definition) is 5. The minimum absolute atomic E-state index is 0.278. The number of nitrogens with zero attached hydrogens (tertiary/aromatic N) is 3. The number of aromatic nitrogens is 3. The number of carboxylic acids is 1. The molecule has 1 aromatic heterocycles. The lowest BCUT2D eigenvalue weighted by atomic mass is 9.66. The molecule has 1 amide bonds. The Kier molecular flexibility index (Phi) is 3.65. The third kappa shape index (κ3) is 3.32. The summed E-state index contributed by atoms with van der Waals surface area (Å²) >= 11 is 0. The van der Waals surface area contributed by atoms with Gasteiger partial charge in [-0.05, 0) is 33.6 Å². The van der Waals surface area contributed by atoms with Crippen molar-refractivity contribution in [1.29, 1.82) is 0 Å². The highest BCUT2D eigenvalue weighted by Crippen LogP contribution is 2.45. The molecule has 0 unspecified atom stereocenters. The van der Waals surface area contributed by atoms with Gasteiger partial charge in [0.15, 0.2) is 0 Å². The van der Waals surface area contributed by atoms with Gasteiger partial charge >= 0.3 is 12.1 Å². The van der Waals surface area contributed by atoms with Crippen molar-refractivity contribution in [1.82, 2.24) is 20.3 Å². The standard InChI is InChI=1S/C13H20N4O4/c1-12(2,3)21-11(20)15-13(5-8(6-13)10(18)19)9-7-14-17(4)16-9/h7-8H,5-6H2,1-4H3,(H,15,20)(H,18,19). The second-order valence-corrected chi connectivity index (χ2v) is 6.37. The smallest absolute Gasteiger partial charge is 0.408 e. The summed E-state index contributed by atoms with van der Waals surface area (Å²) in [6.45, 7) is 5.30. The first kappa shape index (κ1) is 15.3. The molecule has 0 radical (unpaired) electrons. The van der Waals surface area contributed by atoms with Crippen LogP contribution in [0.15, 0.2) is 6.20 Å². The van der Waals surface area contributed by atoms with Crippen LogP contribution in [0.25, 0.3) is 0 Å². The van der Waals surface area contributed by atoms with Crippen LogP contribution in [0.1, 0.15) is 39.3 Å². The topological polar surface area (TPSA) is 106 Å². The van der Waals surface area contributed by atoms with Crippen LogP contribution in [0.2, 0.25) is 0 Å². The number of ether oxygens (including phenoxy) is 1. The molecular weight excluding hydrogens is 276 g/mol. The molecule has 1 fully saturated rings. The lowest BCUT2D eigenvalue weighted by Crippen LogP contribution is -2.57. The average Bonchev–Trinajstić information content (AvgIpc) is 2.66. The molecule has 8 heteroatoms.